The van der Waals surface area contributed by atoms with E-state index in [1.54, 1.807) is 45.0 Å². The van der Waals surface area contributed by atoms with Crippen LogP contribution >= 0.6 is 11.6 Å². The fourth-order valence-corrected chi connectivity index (χ4v) is 6.33. The maximum Gasteiger partial charge on any atom is 0.408 e. The third kappa shape index (κ3) is 7.97. The van der Waals surface area contributed by atoms with Crippen LogP contribution in [0.3, 0.4) is 0 Å². The SMILES string of the molecule is C=CCOc1ccc(-c2nnn([C@H]3C[C@H]4C(=O)N[C@@]5(C(=O)O)C[C@H]5/C=C\CCCCC[C@@H](NC(=O)OC(C)(C)C)C(=O)N4C3)n2)cc1Cl. The van der Waals surface area contributed by atoms with Crippen molar-refractivity contribution in [2.24, 2.45) is 5.92 Å². The summed E-state index contributed by atoms with van der Waals surface area (Å²) >= 11 is 6.39. The number of hydrogen-bond acceptors (Lipinski definition) is 9. The molecule has 5 atom stereocenters. The Morgan fingerprint density at radius 3 is 2.75 bits per heavy atom. The van der Waals surface area contributed by atoms with Crippen LogP contribution in [0.25, 0.3) is 11.4 Å². The number of allylic oxidation sites excluding steroid dienone is 1. The molecule has 2 fully saturated rings. The summed E-state index contributed by atoms with van der Waals surface area (Å²) < 4.78 is 11.0. The number of rotatable bonds is 7. The van der Waals surface area contributed by atoms with Gasteiger partial charge in [-0.15, -0.1) is 10.2 Å². The lowest BCUT2D eigenvalue weighted by molar-refractivity contribution is -0.145. The summed E-state index contributed by atoms with van der Waals surface area (Å²) in [6, 6.07) is 2.47. The zero-order valence-electron chi connectivity index (χ0n) is 27.4. The Morgan fingerprint density at radius 1 is 1.25 bits per heavy atom. The van der Waals surface area contributed by atoms with E-state index in [1.165, 1.54) is 9.70 Å². The molecule has 1 saturated heterocycles. The molecule has 3 amide bonds. The molecular formula is C33H42ClN7O7. The smallest absolute Gasteiger partial charge is 0.408 e. The second-order valence-electron chi connectivity index (χ2n) is 13.4. The summed E-state index contributed by atoms with van der Waals surface area (Å²) in [7, 11) is 0. The molecule has 0 spiro atoms. The Labute approximate surface area is 283 Å². The molecule has 5 rings (SSSR count). The first kappa shape index (κ1) is 34.9. The number of carbonyl (C=O) groups is 4. The molecule has 1 aromatic carbocycles. The molecule has 2 aliphatic heterocycles. The Hall–Kier alpha value is -4.46. The molecule has 2 aromatic rings. The summed E-state index contributed by atoms with van der Waals surface area (Å²) in [6.45, 7) is 9.13. The van der Waals surface area contributed by atoms with Crippen LogP contribution in [0.1, 0.15) is 71.8 Å². The third-order valence-electron chi connectivity index (χ3n) is 8.63. The van der Waals surface area contributed by atoms with Gasteiger partial charge in [-0.25, -0.2) is 9.59 Å². The van der Waals surface area contributed by atoms with Gasteiger partial charge in [-0.2, -0.15) is 4.80 Å². The first-order valence-electron chi connectivity index (χ1n) is 16.2. The first-order chi connectivity index (χ1) is 22.8. The van der Waals surface area contributed by atoms with Crippen molar-refractivity contribution in [3.8, 4) is 17.1 Å². The maximum absolute atomic E-state index is 14.2. The minimum absolute atomic E-state index is 0.0255. The van der Waals surface area contributed by atoms with Crippen molar-refractivity contribution in [1.82, 2.24) is 35.7 Å². The molecule has 3 aliphatic rings. The molecule has 0 bridgehead atoms. The predicted octanol–water partition coefficient (Wildman–Crippen LogP) is 4.07. The summed E-state index contributed by atoms with van der Waals surface area (Å²) in [4.78, 5) is 56.0. The summed E-state index contributed by atoms with van der Waals surface area (Å²) in [6.07, 6.45) is 8.34. The van der Waals surface area contributed by atoms with Crippen LogP contribution in [0, 0.1) is 5.92 Å². The summed E-state index contributed by atoms with van der Waals surface area (Å²) in [5.41, 5.74) is -1.66. The van der Waals surface area contributed by atoms with Gasteiger partial charge in [0.05, 0.1) is 11.1 Å². The van der Waals surface area contributed by atoms with E-state index < -0.39 is 53.1 Å². The number of ether oxygens (including phenoxy) is 2. The van der Waals surface area contributed by atoms with Crippen molar-refractivity contribution in [2.45, 2.75) is 95.0 Å². The Kier molecular flexibility index (Phi) is 10.4. The zero-order chi connectivity index (χ0) is 34.6. The van der Waals surface area contributed by atoms with Crippen LogP contribution in [-0.2, 0) is 19.1 Å². The number of carboxylic acids is 1. The molecule has 48 heavy (non-hydrogen) atoms. The van der Waals surface area contributed by atoms with Gasteiger partial charge in [-0.1, -0.05) is 49.2 Å². The monoisotopic (exact) mass is 683 g/mol. The number of amides is 3. The van der Waals surface area contributed by atoms with Gasteiger partial charge in [0.1, 0.15) is 35.6 Å². The number of nitrogens with zero attached hydrogens (tertiary/aromatic N) is 5. The molecule has 3 heterocycles. The molecule has 1 saturated carbocycles. The fourth-order valence-electron chi connectivity index (χ4n) is 6.10. The van der Waals surface area contributed by atoms with Gasteiger partial charge in [-0.3, -0.25) is 9.59 Å². The predicted molar refractivity (Wildman–Crippen MR) is 175 cm³/mol. The minimum atomic E-state index is -1.45. The number of alkyl carbamates (subject to hydrolysis) is 1. The van der Waals surface area contributed by atoms with E-state index in [0.717, 1.165) is 19.3 Å². The molecule has 1 aliphatic carbocycles. The van der Waals surface area contributed by atoms with Crippen molar-refractivity contribution in [3.63, 3.8) is 0 Å². The number of benzene rings is 1. The van der Waals surface area contributed by atoms with E-state index in [1.807, 2.05) is 12.2 Å². The van der Waals surface area contributed by atoms with Crippen LogP contribution in [0.4, 0.5) is 4.79 Å². The quantitative estimate of drug-likeness (QED) is 0.360. The number of halogens is 1. The van der Waals surface area contributed by atoms with Crippen LogP contribution < -0.4 is 15.4 Å². The average molecular weight is 684 g/mol. The highest BCUT2D eigenvalue weighted by atomic mass is 35.5. The lowest BCUT2D eigenvalue weighted by Gasteiger charge is -2.30. The molecule has 0 radical (unpaired) electrons. The highest BCUT2D eigenvalue weighted by Crippen LogP contribution is 2.45. The highest BCUT2D eigenvalue weighted by molar-refractivity contribution is 6.32. The molecular weight excluding hydrogens is 642 g/mol. The van der Waals surface area contributed by atoms with E-state index in [-0.39, 0.29) is 37.7 Å². The average Bonchev–Trinajstić information content (AvgIpc) is 3.32. The van der Waals surface area contributed by atoms with E-state index in [0.29, 0.717) is 29.2 Å². The zero-order valence-corrected chi connectivity index (χ0v) is 28.1. The van der Waals surface area contributed by atoms with Crippen molar-refractivity contribution >= 4 is 35.5 Å². The van der Waals surface area contributed by atoms with Gasteiger partial charge in [0.15, 0.2) is 0 Å². The van der Waals surface area contributed by atoms with Gasteiger partial charge in [-0.05, 0) is 69.9 Å². The molecule has 14 nitrogen and oxygen atoms in total. The number of nitrogens with one attached hydrogen (secondary N) is 2. The normalized spacial score (nSPS) is 27.0. The van der Waals surface area contributed by atoms with E-state index in [4.69, 9.17) is 21.1 Å². The molecule has 0 unspecified atom stereocenters. The van der Waals surface area contributed by atoms with Gasteiger partial charge in [0.2, 0.25) is 17.6 Å². The van der Waals surface area contributed by atoms with Gasteiger partial charge in [0, 0.05) is 24.4 Å². The second-order valence-corrected chi connectivity index (χ2v) is 13.8. The van der Waals surface area contributed by atoms with Crippen LogP contribution in [0.15, 0.2) is 43.0 Å². The fraction of sp³-hybridized carbons (Fsp3) is 0.545. The topological polar surface area (TPSA) is 178 Å². The number of hydrogen-bond donors (Lipinski definition) is 3. The highest BCUT2D eigenvalue weighted by Gasteiger charge is 2.61. The standard InChI is InChI=1S/C33H42ClN7O7/c1-5-15-47-26-14-13-20(16-23(26)34)27-37-39-41(38-27)22-17-25-28(42)36-33(30(44)45)18-21(33)11-9-7-6-8-10-12-24(29(43)40(25)19-22)35-31(46)48-32(2,3)4/h5,9,11,13-14,16,21-22,24-25H,1,6-8,10,12,15,17-19H2,2-4H3,(H,35,46)(H,36,42)(H,44,45)/b11-9-/t21-,22+,24-,25+,33+/m1/s1. The lowest BCUT2D eigenvalue weighted by atomic mass is 10.0. The molecule has 258 valence electrons. The van der Waals surface area contributed by atoms with Crippen LogP contribution in [0.2, 0.25) is 5.02 Å². The van der Waals surface area contributed by atoms with Gasteiger partial charge >= 0.3 is 12.1 Å². The molecule has 1 aromatic heterocycles. The van der Waals surface area contributed by atoms with Crippen molar-refractivity contribution in [2.75, 3.05) is 13.2 Å². The van der Waals surface area contributed by atoms with Crippen LogP contribution in [-0.4, -0.2) is 90.5 Å². The van der Waals surface area contributed by atoms with Crippen LogP contribution in [0.5, 0.6) is 5.75 Å². The number of fused-ring (bicyclic) bond motifs is 2. The van der Waals surface area contributed by atoms with E-state index in [9.17, 15) is 24.3 Å². The van der Waals surface area contributed by atoms with Gasteiger partial charge in [0.25, 0.3) is 0 Å². The third-order valence-corrected chi connectivity index (χ3v) is 8.93. The minimum Gasteiger partial charge on any atom is -0.488 e. The number of aliphatic carboxylic acids is 1. The number of aromatic nitrogens is 4. The Morgan fingerprint density at radius 2 is 2.04 bits per heavy atom. The second kappa shape index (κ2) is 14.3. The first-order valence-corrected chi connectivity index (χ1v) is 16.5. The molecule has 15 heteroatoms. The maximum atomic E-state index is 14.2. The Bertz CT molecular complexity index is 1590. The van der Waals surface area contributed by atoms with E-state index >= 15 is 0 Å². The number of tetrazole rings is 1. The number of carbonyl (C=O) groups excluding carboxylic acids is 3. The molecule has 3 N–H and O–H groups in total. The lowest BCUT2D eigenvalue weighted by Crippen LogP contribution is -2.56. The van der Waals surface area contributed by atoms with Crippen molar-refractivity contribution in [3.05, 3.63) is 48.0 Å². The number of carboxylic acid groups (broad SMARTS) is 1. The largest absolute Gasteiger partial charge is 0.488 e. The van der Waals surface area contributed by atoms with E-state index in [2.05, 4.69) is 32.6 Å². The Balaban J connectivity index is 1.43. The summed E-state index contributed by atoms with van der Waals surface area (Å²) in [5.74, 6) is -1.82. The van der Waals surface area contributed by atoms with Crippen molar-refractivity contribution < 1.29 is 33.8 Å². The van der Waals surface area contributed by atoms with Gasteiger partial charge < -0.3 is 30.1 Å². The van der Waals surface area contributed by atoms with Crippen molar-refractivity contribution in [1.29, 1.82) is 0 Å². The summed E-state index contributed by atoms with van der Waals surface area (Å²) in [5, 5.41) is 28.9.